The van der Waals surface area contributed by atoms with E-state index in [1.165, 1.54) is 19.2 Å². The zero-order chi connectivity index (χ0) is 18.2. The summed E-state index contributed by atoms with van der Waals surface area (Å²) in [4.78, 5) is 11.7. The quantitative estimate of drug-likeness (QED) is 0.738. The minimum Gasteiger partial charge on any atom is -0.475 e. The molecule has 0 aliphatic carbocycles. The van der Waals surface area contributed by atoms with Crippen molar-refractivity contribution in [3.05, 3.63) is 52.5 Å². The first-order valence-electron chi connectivity index (χ1n) is 7.16. The molecule has 0 N–H and O–H groups in total. The molecule has 1 heterocycles. The molecule has 0 saturated carbocycles. The van der Waals surface area contributed by atoms with Crippen LogP contribution in [0, 0.1) is 0 Å². The first kappa shape index (κ1) is 17.8. The monoisotopic (exact) mass is 401 g/mol. The van der Waals surface area contributed by atoms with Gasteiger partial charge in [0.2, 0.25) is 6.10 Å². The summed E-state index contributed by atoms with van der Waals surface area (Å²) >= 11 is 12.1. The van der Waals surface area contributed by atoms with Gasteiger partial charge in [0.25, 0.3) is 10.0 Å². The number of methoxy groups -OCH3 is 1. The fraction of sp³-hybridized carbons (Fsp3) is 0.188. The predicted octanol–water partition coefficient (Wildman–Crippen LogP) is 3.12. The fourth-order valence-electron chi connectivity index (χ4n) is 2.52. The predicted molar refractivity (Wildman–Crippen MR) is 93.9 cm³/mol. The minimum absolute atomic E-state index is 0.00825. The molecule has 0 saturated heterocycles. The number of fused-ring (bicyclic) bond motifs is 1. The lowest BCUT2D eigenvalue weighted by Gasteiger charge is -2.34. The second kappa shape index (κ2) is 6.74. The molecule has 132 valence electrons. The number of sulfonamides is 1. The number of esters is 1. The third kappa shape index (κ3) is 3.15. The van der Waals surface area contributed by atoms with Crippen LogP contribution in [-0.4, -0.2) is 34.1 Å². The lowest BCUT2D eigenvalue weighted by atomic mass is 10.2. The summed E-state index contributed by atoms with van der Waals surface area (Å²) in [6, 6.07) is 10.9. The molecular formula is C16H13Cl2NO5S. The lowest BCUT2D eigenvalue weighted by Crippen LogP contribution is -2.47. The van der Waals surface area contributed by atoms with Crippen LogP contribution in [0.1, 0.15) is 0 Å². The number of benzene rings is 2. The van der Waals surface area contributed by atoms with E-state index in [1.54, 1.807) is 30.3 Å². The molecule has 1 atom stereocenters. The van der Waals surface area contributed by atoms with E-state index in [-0.39, 0.29) is 27.2 Å². The summed E-state index contributed by atoms with van der Waals surface area (Å²) in [5.74, 6) is -0.434. The lowest BCUT2D eigenvalue weighted by molar-refractivity contribution is -0.148. The van der Waals surface area contributed by atoms with E-state index in [0.717, 1.165) is 4.31 Å². The van der Waals surface area contributed by atoms with Crippen molar-refractivity contribution in [2.24, 2.45) is 0 Å². The van der Waals surface area contributed by atoms with Crippen molar-refractivity contribution >= 4 is 44.9 Å². The van der Waals surface area contributed by atoms with Crippen molar-refractivity contribution in [3.8, 4) is 5.75 Å². The van der Waals surface area contributed by atoms with Crippen LogP contribution >= 0.6 is 23.2 Å². The minimum atomic E-state index is -4.13. The number of ether oxygens (including phenoxy) is 2. The second-order valence-electron chi connectivity index (χ2n) is 5.18. The van der Waals surface area contributed by atoms with E-state index in [4.69, 9.17) is 27.9 Å². The highest BCUT2D eigenvalue weighted by atomic mass is 35.5. The smallest absolute Gasteiger partial charge is 0.348 e. The Labute approximate surface area is 154 Å². The van der Waals surface area contributed by atoms with Crippen LogP contribution in [0.2, 0.25) is 10.0 Å². The van der Waals surface area contributed by atoms with Crippen LogP contribution in [0.25, 0.3) is 0 Å². The molecular weight excluding hydrogens is 389 g/mol. The Kier molecular flexibility index (Phi) is 4.81. The Morgan fingerprint density at radius 3 is 2.44 bits per heavy atom. The molecule has 0 aromatic heterocycles. The van der Waals surface area contributed by atoms with Gasteiger partial charge in [0, 0.05) is 0 Å². The van der Waals surface area contributed by atoms with E-state index in [0.29, 0.717) is 5.69 Å². The van der Waals surface area contributed by atoms with Gasteiger partial charge in [0.05, 0.1) is 29.4 Å². The standard InChI is InChI=1S/C16H13Cl2NO5S/c1-23-16(20)14-9-19(12-7-2-3-8-13(12)24-14)25(21,22)15-10(17)5-4-6-11(15)18/h2-8,14H,9H2,1H3/t14-/m1/s1. The van der Waals surface area contributed by atoms with Crippen molar-refractivity contribution < 1.29 is 22.7 Å². The number of halogens is 2. The number of carbonyl (C=O) groups excluding carboxylic acids is 1. The van der Waals surface area contributed by atoms with E-state index < -0.39 is 22.1 Å². The summed E-state index contributed by atoms with van der Waals surface area (Å²) in [6.45, 7) is -0.256. The van der Waals surface area contributed by atoms with Crippen LogP contribution in [0.4, 0.5) is 5.69 Å². The van der Waals surface area contributed by atoms with Crippen molar-refractivity contribution in [2.45, 2.75) is 11.0 Å². The number of anilines is 1. The van der Waals surface area contributed by atoms with Crippen LogP contribution in [-0.2, 0) is 19.6 Å². The summed E-state index contributed by atoms with van der Waals surface area (Å²) in [6.07, 6.45) is -1.10. The second-order valence-corrected chi connectivity index (χ2v) is 7.80. The topological polar surface area (TPSA) is 72.9 Å². The van der Waals surface area contributed by atoms with Gasteiger partial charge in [-0.3, -0.25) is 4.31 Å². The highest BCUT2D eigenvalue weighted by Crippen LogP contribution is 2.40. The highest BCUT2D eigenvalue weighted by Gasteiger charge is 2.39. The molecule has 0 bridgehead atoms. The average molecular weight is 402 g/mol. The van der Waals surface area contributed by atoms with Gasteiger partial charge in [-0.15, -0.1) is 0 Å². The molecule has 3 rings (SSSR count). The van der Waals surface area contributed by atoms with Crippen molar-refractivity contribution in [1.29, 1.82) is 0 Å². The molecule has 0 amide bonds. The third-order valence-electron chi connectivity index (χ3n) is 3.67. The summed E-state index contributed by atoms with van der Waals surface area (Å²) < 4.78 is 37.7. The maximum absolute atomic E-state index is 13.2. The van der Waals surface area contributed by atoms with E-state index in [1.807, 2.05) is 0 Å². The van der Waals surface area contributed by atoms with Crippen molar-refractivity contribution in [3.63, 3.8) is 0 Å². The molecule has 1 aliphatic heterocycles. The largest absolute Gasteiger partial charge is 0.475 e. The number of hydrogen-bond acceptors (Lipinski definition) is 5. The molecule has 1 aliphatic rings. The highest BCUT2D eigenvalue weighted by molar-refractivity contribution is 7.93. The molecule has 0 fully saturated rings. The van der Waals surface area contributed by atoms with Gasteiger partial charge in [-0.2, -0.15) is 0 Å². The number of carbonyl (C=O) groups is 1. The third-order valence-corrected chi connectivity index (χ3v) is 6.40. The molecule has 25 heavy (non-hydrogen) atoms. The number of hydrogen-bond donors (Lipinski definition) is 0. The van der Waals surface area contributed by atoms with Crippen LogP contribution in [0.3, 0.4) is 0 Å². The normalized spacial score (nSPS) is 16.8. The molecule has 2 aromatic carbocycles. The van der Waals surface area contributed by atoms with Gasteiger partial charge < -0.3 is 9.47 Å². The molecule has 0 radical (unpaired) electrons. The maximum atomic E-state index is 13.2. The Balaban J connectivity index is 2.16. The van der Waals surface area contributed by atoms with Crippen LogP contribution in [0.5, 0.6) is 5.75 Å². The van der Waals surface area contributed by atoms with E-state index in [9.17, 15) is 13.2 Å². The van der Waals surface area contributed by atoms with Gasteiger partial charge >= 0.3 is 5.97 Å². The first-order chi connectivity index (χ1) is 11.9. The van der Waals surface area contributed by atoms with Gasteiger partial charge in [-0.25, -0.2) is 13.2 Å². The maximum Gasteiger partial charge on any atom is 0.348 e. The van der Waals surface area contributed by atoms with E-state index >= 15 is 0 Å². The molecule has 6 nitrogen and oxygen atoms in total. The summed E-state index contributed by atoms with van der Waals surface area (Å²) in [7, 11) is -2.93. The van der Waals surface area contributed by atoms with Crippen LogP contribution in [0.15, 0.2) is 47.4 Å². The van der Waals surface area contributed by atoms with Crippen LogP contribution < -0.4 is 9.04 Å². The van der Waals surface area contributed by atoms with Crippen molar-refractivity contribution in [2.75, 3.05) is 18.0 Å². The zero-order valence-corrected chi connectivity index (χ0v) is 15.3. The number of rotatable bonds is 3. The number of nitrogens with zero attached hydrogens (tertiary/aromatic N) is 1. The molecule has 2 aromatic rings. The first-order valence-corrected chi connectivity index (χ1v) is 9.36. The molecule has 9 heteroatoms. The molecule has 0 unspecified atom stereocenters. The van der Waals surface area contributed by atoms with Crippen molar-refractivity contribution in [1.82, 2.24) is 0 Å². The Hall–Kier alpha value is -1.96. The Morgan fingerprint density at radius 2 is 1.80 bits per heavy atom. The zero-order valence-electron chi connectivity index (χ0n) is 13.0. The molecule has 0 spiro atoms. The van der Waals surface area contributed by atoms with Gasteiger partial charge in [0.1, 0.15) is 10.6 Å². The number of para-hydroxylation sites is 2. The fourth-order valence-corrected chi connectivity index (χ4v) is 5.10. The van der Waals surface area contributed by atoms with Gasteiger partial charge in [0.15, 0.2) is 0 Å². The van der Waals surface area contributed by atoms with E-state index in [2.05, 4.69) is 4.74 Å². The van der Waals surface area contributed by atoms with Gasteiger partial charge in [-0.1, -0.05) is 41.4 Å². The summed E-state index contributed by atoms with van der Waals surface area (Å²) in [5.41, 5.74) is 0.290. The Morgan fingerprint density at radius 1 is 1.16 bits per heavy atom. The van der Waals surface area contributed by atoms with Gasteiger partial charge in [-0.05, 0) is 24.3 Å². The Bertz CT molecular complexity index is 912. The SMILES string of the molecule is COC(=O)[C@H]1CN(S(=O)(=O)c2c(Cl)cccc2Cl)c2ccccc2O1. The summed E-state index contributed by atoms with van der Waals surface area (Å²) in [5, 5.41) is -0.0165. The average Bonchev–Trinajstić information content (AvgIpc) is 2.59.